The van der Waals surface area contributed by atoms with Gasteiger partial charge in [-0.15, -0.1) is 0 Å². The van der Waals surface area contributed by atoms with Gasteiger partial charge >= 0.3 is 0 Å². The molecule has 1 aromatic carbocycles. The van der Waals surface area contributed by atoms with E-state index in [0.717, 1.165) is 80.1 Å². The Balaban J connectivity index is 1.34. The maximum atomic E-state index is 13.7. The highest BCUT2D eigenvalue weighted by atomic mass is 16.5. The molecule has 0 spiro atoms. The SMILES string of the molecule is Cc1nc(C)c(CNC(=O)c2cc(-c3ccc(N4CCN(C)CC4)nc3)cc3c2ccn3C2CCOCC2)c(=O)[nH]1. The molecule has 4 aromatic rings. The Hall–Kier alpha value is -4.02. The number of ether oxygens (including phenoxy) is 1. The van der Waals surface area contributed by atoms with Gasteiger partial charge in [0.25, 0.3) is 11.5 Å². The fourth-order valence-electron chi connectivity index (χ4n) is 5.90. The van der Waals surface area contributed by atoms with Crippen molar-refractivity contribution >= 4 is 22.6 Å². The van der Waals surface area contributed by atoms with Crippen LogP contribution in [0.2, 0.25) is 0 Å². The van der Waals surface area contributed by atoms with Crippen LogP contribution in [0.4, 0.5) is 5.82 Å². The minimum atomic E-state index is -0.233. The summed E-state index contributed by atoms with van der Waals surface area (Å²) < 4.78 is 7.89. The molecule has 0 radical (unpaired) electrons. The number of amides is 1. The molecule has 1 amide bonds. The van der Waals surface area contributed by atoms with Gasteiger partial charge in [0.1, 0.15) is 11.6 Å². The lowest BCUT2D eigenvalue weighted by Crippen LogP contribution is -2.44. The number of nitrogens with zero attached hydrogens (tertiary/aromatic N) is 5. The van der Waals surface area contributed by atoms with E-state index in [1.54, 1.807) is 13.8 Å². The van der Waals surface area contributed by atoms with Crippen LogP contribution in [-0.2, 0) is 11.3 Å². The number of hydrogen-bond acceptors (Lipinski definition) is 7. The second kappa shape index (κ2) is 11.5. The number of carbonyl (C=O) groups is 1. The van der Waals surface area contributed by atoms with Gasteiger partial charge < -0.3 is 29.4 Å². The zero-order valence-electron chi connectivity index (χ0n) is 23.9. The predicted octanol–water partition coefficient (Wildman–Crippen LogP) is 3.44. The van der Waals surface area contributed by atoms with Gasteiger partial charge in [-0.3, -0.25) is 9.59 Å². The minimum absolute atomic E-state index is 0.0982. The van der Waals surface area contributed by atoms with Crippen LogP contribution >= 0.6 is 0 Å². The Morgan fingerprint density at radius 1 is 1.07 bits per heavy atom. The van der Waals surface area contributed by atoms with Crippen molar-refractivity contribution in [3.05, 3.63) is 75.7 Å². The molecule has 2 aliphatic rings. The maximum Gasteiger partial charge on any atom is 0.256 e. The summed E-state index contributed by atoms with van der Waals surface area (Å²) in [5.41, 5.74) is 4.30. The summed E-state index contributed by atoms with van der Waals surface area (Å²) in [6, 6.07) is 10.6. The van der Waals surface area contributed by atoms with Crippen LogP contribution in [0.5, 0.6) is 0 Å². The van der Waals surface area contributed by atoms with Crippen LogP contribution in [0.15, 0.2) is 47.5 Å². The maximum absolute atomic E-state index is 13.7. The lowest BCUT2D eigenvalue weighted by Gasteiger charge is -2.33. The van der Waals surface area contributed by atoms with Gasteiger partial charge in [-0.05, 0) is 69.6 Å². The molecule has 0 bridgehead atoms. The third-order valence-electron chi connectivity index (χ3n) is 8.34. The summed E-state index contributed by atoms with van der Waals surface area (Å²) >= 11 is 0. The van der Waals surface area contributed by atoms with Crippen LogP contribution in [0.1, 0.15) is 46.3 Å². The first kappa shape index (κ1) is 27.2. The summed E-state index contributed by atoms with van der Waals surface area (Å²) in [5, 5.41) is 3.86. The van der Waals surface area contributed by atoms with Gasteiger partial charge in [-0.25, -0.2) is 9.97 Å². The molecular formula is C31H37N7O3. The zero-order chi connectivity index (χ0) is 28.5. The molecule has 2 aliphatic heterocycles. The van der Waals surface area contributed by atoms with E-state index in [-0.39, 0.29) is 18.0 Å². The van der Waals surface area contributed by atoms with E-state index in [9.17, 15) is 9.59 Å². The lowest BCUT2D eigenvalue weighted by molar-refractivity contribution is 0.0707. The highest BCUT2D eigenvalue weighted by Gasteiger charge is 2.22. The number of fused-ring (bicyclic) bond motifs is 1. The number of H-pyrrole nitrogens is 1. The van der Waals surface area contributed by atoms with E-state index >= 15 is 0 Å². The van der Waals surface area contributed by atoms with E-state index in [0.29, 0.717) is 28.7 Å². The molecule has 0 saturated carbocycles. The van der Waals surface area contributed by atoms with Gasteiger partial charge in [0.2, 0.25) is 0 Å². The molecule has 41 heavy (non-hydrogen) atoms. The fourth-order valence-corrected chi connectivity index (χ4v) is 5.90. The molecule has 2 saturated heterocycles. The van der Waals surface area contributed by atoms with Gasteiger partial charge in [-0.2, -0.15) is 0 Å². The van der Waals surface area contributed by atoms with E-state index in [1.807, 2.05) is 18.3 Å². The van der Waals surface area contributed by atoms with Crippen molar-refractivity contribution in [1.82, 2.24) is 29.7 Å². The first-order valence-corrected chi connectivity index (χ1v) is 14.3. The van der Waals surface area contributed by atoms with Crippen molar-refractivity contribution in [2.24, 2.45) is 0 Å². The molecule has 5 heterocycles. The van der Waals surface area contributed by atoms with Crippen LogP contribution in [-0.4, -0.2) is 76.8 Å². The van der Waals surface area contributed by atoms with Crippen molar-refractivity contribution < 1.29 is 9.53 Å². The summed E-state index contributed by atoms with van der Waals surface area (Å²) in [6.07, 6.45) is 5.84. The Kier molecular flexibility index (Phi) is 7.59. The fraction of sp³-hybridized carbons (Fsp3) is 0.419. The molecular weight excluding hydrogens is 518 g/mol. The second-order valence-corrected chi connectivity index (χ2v) is 11.1. The van der Waals surface area contributed by atoms with E-state index in [2.05, 4.69) is 61.1 Å². The van der Waals surface area contributed by atoms with Crippen molar-refractivity contribution in [2.75, 3.05) is 51.3 Å². The third-order valence-corrected chi connectivity index (χ3v) is 8.34. The molecule has 10 heteroatoms. The van der Waals surface area contributed by atoms with Gasteiger partial charge in [0, 0.05) is 85.6 Å². The number of rotatable bonds is 6. The number of likely N-dealkylation sites (N-methyl/N-ethyl adjacent to an activating group) is 1. The normalized spacial score (nSPS) is 16.8. The van der Waals surface area contributed by atoms with Crippen molar-refractivity contribution in [3.63, 3.8) is 0 Å². The van der Waals surface area contributed by atoms with Gasteiger partial charge in [-0.1, -0.05) is 0 Å². The Morgan fingerprint density at radius 2 is 1.85 bits per heavy atom. The Bertz CT molecular complexity index is 1610. The second-order valence-electron chi connectivity index (χ2n) is 11.1. The molecule has 2 fully saturated rings. The summed E-state index contributed by atoms with van der Waals surface area (Å²) in [5.74, 6) is 1.29. The Morgan fingerprint density at radius 3 is 2.56 bits per heavy atom. The van der Waals surface area contributed by atoms with Crippen LogP contribution in [0, 0.1) is 13.8 Å². The van der Waals surface area contributed by atoms with Crippen LogP contribution < -0.4 is 15.8 Å². The van der Waals surface area contributed by atoms with E-state index in [1.165, 1.54) is 0 Å². The molecule has 3 aromatic heterocycles. The molecule has 0 aliphatic carbocycles. The summed E-state index contributed by atoms with van der Waals surface area (Å²) in [6.45, 7) is 9.04. The first-order valence-electron chi connectivity index (χ1n) is 14.3. The number of anilines is 1. The zero-order valence-corrected chi connectivity index (χ0v) is 23.9. The average Bonchev–Trinajstić information content (AvgIpc) is 3.41. The van der Waals surface area contributed by atoms with E-state index < -0.39 is 0 Å². The minimum Gasteiger partial charge on any atom is -0.381 e. The topological polar surface area (TPSA) is 108 Å². The molecule has 214 valence electrons. The largest absolute Gasteiger partial charge is 0.381 e. The standard InChI is InChI=1S/C31H37N7O3/c1-20-27(31(40)35-21(2)34-20)19-33-30(39)26-16-23(17-28-25(26)6-9-38(28)24-7-14-41-15-8-24)22-4-5-29(32-18-22)37-12-10-36(3)11-13-37/h4-6,9,16-18,24H,7-8,10-15,19H2,1-3H3,(H,33,39)(H,34,35,40). The highest BCUT2D eigenvalue weighted by molar-refractivity contribution is 6.08. The average molecular weight is 556 g/mol. The lowest BCUT2D eigenvalue weighted by atomic mass is 10.00. The first-order chi connectivity index (χ1) is 19.9. The predicted molar refractivity (Wildman–Crippen MR) is 159 cm³/mol. The number of carbonyl (C=O) groups excluding carboxylic acids is 1. The smallest absolute Gasteiger partial charge is 0.256 e. The molecule has 0 atom stereocenters. The van der Waals surface area contributed by atoms with Gasteiger partial charge in [0.05, 0.1) is 12.1 Å². The number of aromatic nitrogens is 4. The highest BCUT2D eigenvalue weighted by Crippen LogP contribution is 2.33. The molecule has 6 rings (SSSR count). The Labute approximate surface area is 239 Å². The third kappa shape index (κ3) is 5.62. The van der Waals surface area contributed by atoms with Crippen molar-refractivity contribution in [3.8, 4) is 11.1 Å². The van der Waals surface area contributed by atoms with Crippen LogP contribution in [0.25, 0.3) is 22.0 Å². The number of aryl methyl sites for hydroxylation is 2. The van der Waals surface area contributed by atoms with E-state index in [4.69, 9.17) is 9.72 Å². The molecule has 0 unspecified atom stereocenters. The van der Waals surface area contributed by atoms with Crippen molar-refractivity contribution in [1.29, 1.82) is 0 Å². The number of aromatic amines is 1. The number of benzene rings is 1. The van der Waals surface area contributed by atoms with Crippen molar-refractivity contribution in [2.45, 2.75) is 39.3 Å². The number of nitrogens with one attached hydrogen (secondary N) is 2. The molecule has 2 N–H and O–H groups in total. The van der Waals surface area contributed by atoms with Gasteiger partial charge in [0.15, 0.2) is 0 Å². The quantitative estimate of drug-likeness (QED) is 0.375. The number of hydrogen-bond donors (Lipinski definition) is 2. The number of pyridine rings is 1. The molecule has 10 nitrogen and oxygen atoms in total. The monoisotopic (exact) mass is 555 g/mol. The van der Waals surface area contributed by atoms with Crippen LogP contribution in [0.3, 0.4) is 0 Å². The summed E-state index contributed by atoms with van der Waals surface area (Å²) in [7, 11) is 2.14. The summed E-state index contributed by atoms with van der Waals surface area (Å²) in [4.78, 5) is 42.7. The number of piperazine rings is 1.